The molecule has 4 nitrogen and oxygen atoms in total. The van der Waals surface area contributed by atoms with Gasteiger partial charge in [-0.25, -0.2) is 0 Å². The minimum absolute atomic E-state index is 0.342. The van der Waals surface area contributed by atoms with Gasteiger partial charge in [-0.3, -0.25) is 0 Å². The van der Waals surface area contributed by atoms with Gasteiger partial charge in [0.05, 0.1) is 23.5 Å². The molecule has 6 heteroatoms. The van der Waals surface area contributed by atoms with Crippen LogP contribution in [0.2, 0.25) is 0 Å². The zero-order valence-corrected chi connectivity index (χ0v) is 16.8. The van der Waals surface area contributed by atoms with Gasteiger partial charge in [-0.2, -0.15) is 0 Å². The maximum absolute atomic E-state index is 6.15. The van der Waals surface area contributed by atoms with E-state index in [1.165, 1.54) is 0 Å². The van der Waals surface area contributed by atoms with Crippen LogP contribution in [0.3, 0.4) is 0 Å². The lowest BCUT2D eigenvalue weighted by Crippen LogP contribution is -2.41. The number of rotatable bonds is 7. The molecule has 0 bridgehead atoms. The molecule has 1 aromatic carbocycles. The van der Waals surface area contributed by atoms with Crippen molar-refractivity contribution < 1.29 is 14.0 Å². The molecule has 1 aromatic rings. The Balaban J connectivity index is 2.23. The average Bonchev–Trinajstić information content (AvgIpc) is 2.71. The van der Waals surface area contributed by atoms with Crippen LogP contribution in [0.25, 0.3) is 0 Å². The van der Waals surface area contributed by atoms with Gasteiger partial charge in [0.25, 0.3) is 0 Å². The fourth-order valence-corrected chi connectivity index (χ4v) is 2.74. The SMILES string of the molecule is CCSNc1ccc(B2OC(C)(C)C(C)(C)O2)cc1OCC(C)C. The van der Waals surface area contributed by atoms with Gasteiger partial charge in [0.1, 0.15) is 5.75 Å². The topological polar surface area (TPSA) is 39.7 Å². The third-order valence-electron chi connectivity index (χ3n) is 4.43. The minimum Gasteiger partial charge on any atom is -0.491 e. The molecule has 1 aliphatic rings. The van der Waals surface area contributed by atoms with Crippen LogP contribution in [0.1, 0.15) is 48.5 Å². The van der Waals surface area contributed by atoms with E-state index in [0.717, 1.165) is 22.7 Å². The van der Waals surface area contributed by atoms with Crippen LogP contribution in [0.15, 0.2) is 18.2 Å². The second kappa shape index (κ2) is 7.59. The molecular formula is C18H30BNO3S. The van der Waals surface area contributed by atoms with Gasteiger partial charge >= 0.3 is 7.12 Å². The van der Waals surface area contributed by atoms with Crippen LogP contribution in [-0.2, 0) is 9.31 Å². The van der Waals surface area contributed by atoms with E-state index in [-0.39, 0.29) is 18.3 Å². The Morgan fingerprint density at radius 3 is 2.33 bits per heavy atom. The molecule has 1 N–H and O–H groups in total. The van der Waals surface area contributed by atoms with Crippen molar-refractivity contribution in [1.29, 1.82) is 0 Å². The second-order valence-corrected chi connectivity index (χ2v) is 8.65. The van der Waals surface area contributed by atoms with Crippen LogP contribution in [0, 0.1) is 5.92 Å². The maximum atomic E-state index is 6.15. The molecule has 134 valence electrons. The average molecular weight is 351 g/mol. The van der Waals surface area contributed by atoms with Crippen LogP contribution < -0.4 is 14.9 Å². The number of ether oxygens (including phenoxy) is 1. The molecular weight excluding hydrogens is 321 g/mol. The first-order valence-corrected chi connectivity index (χ1v) is 9.65. The number of hydrogen-bond donors (Lipinski definition) is 1. The highest BCUT2D eigenvalue weighted by Gasteiger charge is 2.51. The van der Waals surface area contributed by atoms with Crippen LogP contribution in [-0.4, -0.2) is 30.7 Å². The third-order valence-corrected chi connectivity index (χ3v) is 5.08. The molecule has 0 aromatic heterocycles. The van der Waals surface area contributed by atoms with E-state index in [1.807, 2.05) is 18.2 Å². The van der Waals surface area contributed by atoms with Gasteiger partial charge in [-0.05, 0) is 51.2 Å². The maximum Gasteiger partial charge on any atom is 0.494 e. The summed E-state index contributed by atoms with van der Waals surface area (Å²) in [4.78, 5) is 0. The van der Waals surface area contributed by atoms with E-state index in [2.05, 4.69) is 53.2 Å². The summed E-state index contributed by atoms with van der Waals surface area (Å²) in [6.45, 7) is 15.4. The summed E-state index contributed by atoms with van der Waals surface area (Å²) in [6, 6.07) is 6.12. The quantitative estimate of drug-likeness (QED) is 0.592. The van der Waals surface area contributed by atoms with E-state index in [0.29, 0.717) is 12.5 Å². The lowest BCUT2D eigenvalue weighted by Gasteiger charge is -2.32. The minimum atomic E-state index is -0.371. The van der Waals surface area contributed by atoms with Crippen LogP contribution in [0.4, 0.5) is 5.69 Å². The number of hydrogen-bond acceptors (Lipinski definition) is 5. The Labute approximate surface area is 151 Å². The molecule has 0 saturated carbocycles. The highest BCUT2D eigenvalue weighted by molar-refractivity contribution is 8.00. The fourth-order valence-electron chi connectivity index (χ4n) is 2.27. The summed E-state index contributed by atoms with van der Waals surface area (Å²) in [5.41, 5.74) is 1.29. The highest BCUT2D eigenvalue weighted by atomic mass is 32.2. The summed E-state index contributed by atoms with van der Waals surface area (Å²) in [5, 5.41) is 0. The summed E-state index contributed by atoms with van der Waals surface area (Å²) in [5.74, 6) is 2.30. The Hall–Kier alpha value is -0.845. The third kappa shape index (κ3) is 4.41. The standard InChI is InChI=1S/C18H30BNO3S/c1-8-24-20-15-10-9-14(11-16(15)21-12-13(2)3)19-22-17(4,5)18(6,7)23-19/h9-11,13,20H,8,12H2,1-7H3. The van der Waals surface area contributed by atoms with Gasteiger partial charge in [0, 0.05) is 5.75 Å². The first-order chi connectivity index (χ1) is 11.2. The molecule has 24 heavy (non-hydrogen) atoms. The predicted octanol–water partition coefficient (Wildman–Crippen LogP) is 4.10. The predicted molar refractivity (Wildman–Crippen MR) is 104 cm³/mol. The largest absolute Gasteiger partial charge is 0.494 e. The molecule has 0 atom stereocenters. The lowest BCUT2D eigenvalue weighted by molar-refractivity contribution is 0.00578. The first-order valence-electron chi connectivity index (χ1n) is 8.66. The lowest BCUT2D eigenvalue weighted by atomic mass is 9.79. The zero-order chi connectivity index (χ0) is 18.0. The van der Waals surface area contributed by atoms with Crippen LogP contribution >= 0.6 is 11.9 Å². The van der Waals surface area contributed by atoms with Gasteiger partial charge in [0.15, 0.2) is 0 Å². The van der Waals surface area contributed by atoms with Gasteiger partial charge in [-0.15, -0.1) is 0 Å². The van der Waals surface area contributed by atoms with E-state index < -0.39 is 0 Å². The van der Waals surface area contributed by atoms with E-state index in [4.69, 9.17) is 14.0 Å². The van der Waals surface area contributed by atoms with E-state index in [1.54, 1.807) is 11.9 Å². The summed E-state index contributed by atoms with van der Waals surface area (Å²) in [7, 11) is -0.371. The molecule has 0 radical (unpaired) electrons. The summed E-state index contributed by atoms with van der Waals surface area (Å²) in [6.07, 6.45) is 0. The molecule has 1 fully saturated rings. The van der Waals surface area contributed by atoms with Crippen molar-refractivity contribution in [2.75, 3.05) is 17.1 Å². The highest BCUT2D eigenvalue weighted by Crippen LogP contribution is 2.37. The molecule has 2 rings (SSSR count). The van der Waals surface area contributed by atoms with Crippen molar-refractivity contribution in [3.8, 4) is 5.75 Å². The van der Waals surface area contributed by atoms with Crippen LogP contribution in [0.5, 0.6) is 5.75 Å². The van der Waals surface area contributed by atoms with Gasteiger partial charge in [0.2, 0.25) is 0 Å². The Bertz CT molecular complexity index is 547. The van der Waals surface area contributed by atoms with Crippen molar-refractivity contribution >= 4 is 30.2 Å². The van der Waals surface area contributed by atoms with Crippen molar-refractivity contribution in [3.63, 3.8) is 0 Å². The number of anilines is 1. The monoisotopic (exact) mass is 351 g/mol. The zero-order valence-electron chi connectivity index (χ0n) is 15.9. The molecule has 1 heterocycles. The Morgan fingerprint density at radius 2 is 1.79 bits per heavy atom. The Morgan fingerprint density at radius 1 is 1.17 bits per heavy atom. The van der Waals surface area contributed by atoms with Gasteiger partial charge in [-0.1, -0.05) is 38.8 Å². The van der Waals surface area contributed by atoms with E-state index >= 15 is 0 Å². The molecule has 0 aliphatic carbocycles. The number of nitrogens with one attached hydrogen (secondary N) is 1. The smallest absolute Gasteiger partial charge is 0.491 e. The van der Waals surface area contributed by atoms with Crippen molar-refractivity contribution in [2.45, 2.75) is 59.7 Å². The summed E-state index contributed by atoms with van der Waals surface area (Å²) < 4.78 is 21.7. The van der Waals surface area contributed by atoms with E-state index in [9.17, 15) is 0 Å². The number of benzene rings is 1. The molecule has 1 aliphatic heterocycles. The fraction of sp³-hybridized carbons (Fsp3) is 0.667. The summed E-state index contributed by atoms with van der Waals surface area (Å²) >= 11 is 1.65. The Kier molecular flexibility index (Phi) is 6.16. The second-order valence-electron chi connectivity index (χ2n) is 7.58. The van der Waals surface area contributed by atoms with Crippen molar-refractivity contribution in [1.82, 2.24) is 0 Å². The van der Waals surface area contributed by atoms with Crippen molar-refractivity contribution in [2.24, 2.45) is 5.92 Å². The molecule has 1 saturated heterocycles. The normalized spacial score (nSPS) is 18.9. The molecule has 0 spiro atoms. The first kappa shape index (κ1) is 19.5. The molecule has 0 unspecified atom stereocenters. The van der Waals surface area contributed by atoms with Gasteiger partial charge < -0.3 is 18.8 Å². The molecule has 0 amide bonds. The van der Waals surface area contributed by atoms with Crippen molar-refractivity contribution in [3.05, 3.63) is 18.2 Å².